The molecule has 0 radical (unpaired) electrons. The van der Waals surface area contributed by atoms with Gasteiger partial charge >= 0.3 is 0 Å². The molecule has 17 heavy (non-hydrogen) atoms. The van der Waals surface area contributed by atoms with Gasteiger partial charge in [-0.15, -0.1) is 0 Å². The van der Waals surface area contributed by atoms with Crippen molar-refractivity contribution >= 4 is 18.0 Å². The van der Waals surface area contributed by atoms with Crippen molar-refractivity contribution in [1.82, 2.24) is 0 Å². The minimum atomic E-state index is 1.00. The number of rotatable bonds is 0. The van der Waals surface area contributed by atoms with Crippen LogP contribution in [-0.2, 0) is 6.42 Å². The molecule has 0 saturated heterocycles. The van der Waals surface area contributed by atoms with Gasteiger partial charge in [-0.2, -0.15) is 0 Å². The van der Waals surface area contributed by atoms with Gasteiger partial charge in [0.1, 0.15) is 0 Å². The number of benzene rings is 2. The van der Waals surface area contributed by atoms with Gasteiger partial charge < -0.3 is 0 Å². The fraction of sp³-hybridized carbons (Fsp3) is 0.0625. The summed E-state index contributed by atoms with van der Waals surface area (Å²) < 4.78 is 0. The summed E-state index contributed by atoms with van der Waals surface area (Å²) in [7, 11) is 0. The van der Waals surface area contributed by atoms with Gasteiger partial charge in [0, 0.05) is 11.8 Å². The van der Waals surface area contributed by atoms with E-state index >= 15 is 0 Å². The van der Waals surface area contributed by atoms with Crippen molar-refractivity contribution in [1.29, 1.82) is 0 Å². The second-order valence-electron chi connectivity index (χ2n) is 4.55. The summed E-state index contributed by atoms with van der Waals surface area (Å²) in [6, 6.07) is 14.9. The number of aliphatic imine (C=N–C) groups is 1. The van der Waals surface area contributed by atoms with Gasteiger partial charge in [0.15, 0.2) is 0 Å². The maximum atomic E-state index is 4.58. The zero-order valence-electron chi connectivity index (χ0n) is 9.35. The summed E-state index contributed by atoms with van der Waals surface area (Å²) >= 11 is 0. The molecule has 5 rings (SSSR count). The van der Waals surface area contributed by atoms with Crippen molar-refractivity contribution in [2.75, 3.05) is 0 Å². The molecule has 0 N–H and O–H groups in total. The highest BCUT2D eigenvalue weighted by molar-refractivity contribution is 5.99. The monoisotopic (exact) mass is 217 g/mol. The van der Waals surface area contributed by atoms with Crippen LogP contribution >= 0.6 is 0 Å². The van der Waals surface area contributed by atoms with E-state index in [9.17, 15) is 0 Å². The molecule has 0 fully saturated rings. The molecule has 4 bridgehead atoms. The van der Waals surface area contributed by atoms with Crippen LogP contribution in [0.25, 0.3) is 17.2 Å². The first kappa shape index (κ1) is 8.94. The summed E-state index contributed by atoms with van der Waals surface area (Å²) in [4.78, 5) is 4.58. The summed E-state index contributed by atoms with van der Waals surface area (Å²) in [5, 5.41) is 0. The number of allylic oxidation sites excluding steroid dienone is 1. The first-order valence-corrected chi connectivity index (χ1v) is 5.88. The normalized spacial score (nSPS) is 14.9. The largest absolute Gasteiger partial charge is 0.256 e. The van der Waals surface area contributed by atoms with Crippen molar-refractivity contribution in [2.45, 2.75) is 6.42 Å². The highest BCUT2D eigenvalue weighted by Gasteiger charge is 2.19. The highest BCUT2D eigenvalue weighted by Crippen LogP contribution is 2.40. The van der Waals surface area contributed by atoms with E-state index in [1.165, 1.54) is 27.8 Å². The SMILES string of the molecule is C1=Nc2ccccc2-c2c3cccc2CC1=C3. The van der Waals surface area contributed by atoms with E-state index < -0.39 is 0 Å². The van der Waals surface area contributed by atoms with E-state index in [1.807, 2.05) is 12.3 Å². The first-order valence-electron chi connectivity index (χ1n) is 5.88. The molecule has 2 heterocycles. The van der Waals surface area contributed by atoms with E-state index in [1.54, 1.807) is 0 Å². The first-order chi connectivity index (χ1) is 8.42. The van der Waals surface area contributed by atoms with Gasteiger partial charge in [0.05, 0.1) is 5.69 Å². The molecule has 0 saturated carbocycles. The van der Waals surface area contributed by atoms with Crippen molar-refractivity contribution in [3.63, 3.8) is 0 Å². The third-order valence-electron chi connectivity index (χ3n) is 3.46. The predicted molar refractivity (Wildman–Crippen MR) is 71.7 cm³/mol. The number of para-hydroxylation sites is 1. The molecular weight excluding hydrogens is 206 g/mol. The standard InChI is InChI=1S/C16H11N/c1-2-7-15-14(6-1)16-12-4-3-5-13(16)9-11(8-12)10-17-15/h1-8,10H,9H2. The third kappa shape index (κ3) is 1.22. The van der Waals surface area contributed by atoms with Crippen LogP contribution in [0.3, 0.4) is 0 Å². The van der Waals surface area contributed by atoms with Crippen LogP contribution in [0.1, 0.15) is 11.1 Å². The van der Waals surface area contributed by atoms with E-state index in [0.717, 1.165) is 12.1 Å². The Labute approximate surface area is 100 Å². The molecule has 1 aliphatic carbocycles. The van der Waals surface area contributed by atoms with Crippen LogP contribution in [0.4, 0.5) is 5.69 Å². The number of nitrogens with zero attached hydrogens (tertiary/aromatic N) is 1. The fourth-order valence-corrected chi connectivity index (χ4v) is 2.72. The smallest absolute Gasteiger partial charge is 0.0708 e. The lowest BCUT2D eigenvalue weighted by Crippen LogP contribution is -2.04. The Morgan fingerprint density at radius 3 is 2.82 bits per heavy atom. The molecule has 80 valence electrons. The summed E-state index contributed by atoms with van der Waals surface area (Å²) in [6.07, 6.45) is 5.25. The van der Waals surface area contributed by atoms with Gasteiger partial charge in [-0.05, 0) is 40.8 Å². The molecule has 2 aromatic rings. The molecule has 0 aromatic heterocycles. The lowest BCUT2D eigenvalue weighted by atomic mass is 9.84. The molecule has 0 atom stereocenters. The van der Waals surface area contributed by atoms with Crippen molar-refractivity contribution in [3.8, 4) is 11.1 Å². The Kier molecular flexibility index (Phi) is 1.67. The van der Waals surface area contributed by atoms with Crippen molar-refractivity contribution < 1.29 is 0 Å². The molecular formula is C16H11N. The molecule has 1 heteroatoms. The van der Waals surface area contributed by atoms with Crippen LogP contribution in [0, 0.1) is 0 Å². The topological polar surface area (TPSA) is 12.4 Å². The molecule has 0 amide bonds. The molecule has 2 aromatic carbocycles. The number of hydrogen-bond acceptors (Lipinski definition) is 1. The van der Waals surface area contributed by atoms with Crippen LogP contribution in [-0.4, -0.2) is 6.21 Å². The van der Waals surface area contributed by atoms with Crippen LogP contribution in [0.15, 0.2) is 53.0 Å². The summed E-state index contributed by atoms with van der Waals surface area (Å²) in [5.74, 6) is 0. The van der Waals surface area contributed by atoms with Gasteiger partial charge in [0.25, 0.3) is 0 Å². The fourth-order valence-electron chi connectivity index (χ4n) is 2.72. The van der Waals surface area contributed by atoms with Crippen molar-refractivity contribution in [2.24, 2.45) is 4.99 Å². The Bertz CT molecular complexity index is 678. The van der Waals surface area contributed by atoms with Crippen LogP contribution < -0.4 is 0 Å². The molecule has 1 nitrogen and oxygen atoms in total. The zero-order valence-corrected chi connectivity index (χ0v) is 9.35. The van der Waals surface area contributed by atoms with E-state index in [4.69, 9.17) is 0 Å². The third-order valence-corrected chi connectivity index (χ3v) is 3.46. The minimum Gasteiger partial charge on any atom is -0.256 e. The second-order valence-corrected chi connectivity index (χ2v) is 4.55. The second kappa shape index (κ2) is 3.17. The average Bonchev–Trinajstić information content (AvgIpc) is 2.31. The van der Waals surface area contributed by atoms with E-state index in [0.29, 0.717) is 0 Å². The molecule has 2 aliphatic heterocycles. The zero-order chi connectivity index (χ0) is 11.2. The predicted octanol–water partition coefficient (Wildman–Crippen LogP) is 4.01. The quantitative estimate of drug-likeness (QED) is 0.632. The Balaban J connectivity index is 2.16. The van der Waals surface area contributed by atoms with Crippen LogP contribution in [0.2, 0.25) is 0 Å². The molecule has 3 aliphatic rings. The lowest BCUT2D eigenvalue weighted by molar-refractivity contribution is 1.20. The Morgan fingerprint density at radius 1 is 0.941 bits per heavy atom. The number of hydrogen-bond donors (Lipinski definition) is 0. The average molecular weight is 217 g/mol. The van der Waals surface area contributed by atoms with Gasteiger partial charge in [-0.25, -0.2) is 0 Å². The van der Waals surface area contributed by atoms with Gasteiger partial charge in [0.2, 0.25) is 0 Å². The minimum absolute atomic E-state index is 1.00. The molecule has 0 spiro atoms. The van der Waals surface area contributed by atoms with E-state index in [2.05, 4.69) is 47.5 Å². The lowest BCUT2D eigenvalue weighted by Gasteiger charge is -2.22. The highest BCUT2D eigenvalue weighted by atomic mass is 14.7. The van der Waals surface area contributed by atoms with E-state index in [-0.39, 0.29) is 0 Å². The van der Waals surface area contributed by atoms with Crippen molar-refractivity contribution in [3.05, 3.63) is 59.2 Å². The van der Waals surface area contributed by atoms with Crippen LogP contribution in [0.5, 0.6) is 0 Å². The Hall–Kier alpha value is -2.15. The van der Waals surface area contributed by atoms with Gasteiger partial charge in [-0.1, -0.05) is 36.4 Å². The van der Waals surface area contributed by atoms with Gasteiger partial charge in [-0.3, -0.25) is 4.99 Å². The Morgan fingerprint density at radius 2 is 1.88 bits per heavy atom. The maximum Gasteiger partial charge on any atom is 0.0708 e. The maximum absolute atomic E-state index is 4.58. The summed E-state index contributed by atoms with van der Waals surface area (Å²) in [5.41, 5.74) is 7.73. The summed E-state index contributed by atoms with van der Waals surface area (Å²) in [6.45, 7) is 0. The molecule has 0 unspecified atom stereocenters.